The van der Waals surface area contributed by atoms with Crippen molar-refractivity contribution >= 4 is 11.8 Å². The molecule has 134 valence electrons. The number of halogens is 3. The molecule has 1 amide bonds. The second-order valence-corrected chi connectivity index (χ2v) is 6.85. The second-order valence-electron chi connectivity index (χ2n) is 6.85. The van der Waals surface area contributed by atoms with Gasteiger partial charge in [-0.15, -0.1) is 0 Å². The second kappa shape index (κ2) is 6.41. The molecule has 1 aromatic carbocycles. The number of carbonyl (C=O) groups excluding carboxylic acids is 1. The molecule has 0 aliphatic carbocycles. The fourth-order valence-electron chi connectivity index (χ4n) is 2.23. The van der Waals surface area contributed by atoms with Crippen LogP contribution in [0.15, 0.2) is 18.2 Å². The van der Waals surface area contributed by atoms with Gasteiger partial charge in [0.15, 0.2) is 0 Å². The maximum atomic E-state index is 12.7. The molecular weight excluding hydrogens is 325 g/mol. The largest absolute Gasteiger partial charge is 0.493 e. The van der Waals surface area contributed by atoms with E-state index >= 15 is 0 Å². The third-order valence-electron chi connectivity index (χ3n) is 3.35. The van der Waals surface area contributed by atoms with Crippen LogP contribution in [0.3, 0.4) is 0 Å². The zero-order valence-electron chi connectivity index (χ0n) is 13.8. The summed E-state index contributed by atoms with van der Waals surface area (Å²) in [6.07, 6.45) is -4.88. The predicted molar refractivity (Wildman–Crippen MR) is 82.6 cm³/mol. The number of amides is 1. The molecule has 0 spiro atoms. The first-order valence-corrected chi connectivity index (χ1v) is 7.52. The van der Waals surface area contributed by atoms with E-state index in [2.05, 4.69) is 0 Å². The van der Waals surface area contributed by atoms with Gasteiger partial charge in [0, 0.05) is 30.8 Å². The van der Waals surface area contributed by atoms with Gasteiger partial charge in [-0.05, 0) is 32.9 Å². The quantitative estimate of drug-likeness (QED) is 0.851. The van der Waals surface area contributed by atoms with E-state index in [4.69, 9.17) is 15.2 Å². The molecule has 1 aliphatic rings. The Morgan fingerprint density at radius 3 is 2.42 bits per heavy atom. The maximum Gasteiger partial charge on any atom is 0.416 e. The fraction of sp³-hybridized carbons (Fsp3) is 0.562. The Balaban J connectivity index is 1.84. The number of ether oxygens (including phenoxy) is 2. The smallest absolute Gasteiger partial charge is 0.416 e. The van der Waals surface area contributed by atoms with Crippen LogP contribution in [0.1, 0.15) is 26.3 Å². The Bertz CT molecular complexity index is 606. The molecule has 1 saturated heterocycles. The lowest BCUT2D eigenvalue weighted by Crippen LogP contribution is -2.53. The number of anilines is 1. The van der Waals surface area contributed by atoms with Gasteiger partial charge in [0.25, 0.3) is 0 Å². The molecule has 0 atom stereocenters. The molecule has 2 rings (SSSR count). The van der Waals surface area contributed by atoms with Crippen molar-refractivity contribution < 1.29 is 27.4 Å². The summed E-state index contributed by atoms with van der Waals surface area (Å²) in [4.78, 5) is 13.3. The average Bonchev–Trinajstić information content (AvgIpc) is 2.32. The highest BCUT2D eigenvalue weighted by Gasteiger charge is 2.34. The molecular formula is C16H21F3N2O3. The summed E-state index contributed by atoms with van der Waals surface area (Å²) in [5.74, 6) is 0.117. The molecule has 24 heavy (non-hydrogen) atoms. The van der Waals surface area contributed by atoms with E-state index < -0.39 is 23.4 Å². The lowest BCUT2D eigenvalue weighted by Gasteiger charge is -2.39. The van der Waals surface area contributed by atoms with E-state index in [0.29, 0.717) is 13.1 Å². The molecule has 0 unspecified atom stereocenters. The number of alkyl halides is 3. The van der Waals surface area contributed by atoms with Gasteiger partial charge in [-0.1, -0.05) is 0 Å². The Labute approximate surface area is 138 Å². The van der Waals surface area contributed by atoms with Crippen LogP contribution in [0, 0.1) is 5.92 Å². The van der Waals surface area contributed by atoms with Crippen LogP contribution >= 0.6 is 0 Å². The van der Waals surface area contributed by atoms with Gasteiger partial charge in [0.05, 0.1) is 12.2 Å². The summed E-state index contributed by atoms with van der Waals surface area (Å²) in [7, 11) is 0. The normalized spacial score (nSPS) is 15.8. The van der Waals surface area contributed by atoms with Crippen LogP contribution in [-0.4, -0.2) is 36.3 Å². The number of hydrogen-bond donors (Lipinski definition) is 1. The maximum absolute atomic E-state index is 12.7. The van der Waals surface area contributed by atoms with Crippen molar-refractivity contribution in [2.24, 2.45) is 5.92 Å². The fourth-order valence-corrected chi connectivity index (χ4v) is 2.23. The molecule has 0 saturated carbocycles. The minimum atomic E-state index is -4.47. The summed E-state index contributed by atoms with van der Waals surface area (Å²) < 4.78 is 48.8. The Hall–Kier alpha value is -2.12. The number of carbonyl (C=O) groups is 1. The van der Waals surface area contributed by atoms with E-state index in [1.165, 1.54) is 11.0 Å². The number of nitrogens with zero attached hydrogens (tertiary/aromatic N) is 1. The topological polar surface area (TPSA) is 64.8 Å². The molecule has 8 heteroatoms. The third kappa shape index (κ3) is 4.94. The van der Waals surface area contributed by atoms with E-state index in [1.807, 2.05) is 0 Å². The van der Waals surface area contributed by atoms with Crippen molar-refractivity contribution in [2.45, 2.75) is 32.5 Å². The van der Waals surface area contributed by atoms with Gasteiger partial charge in [0.1, 0.15) is 11.4 Å². The molecule has 2 N–H and O–H groups in total. The molecule has 5 nitrogen and oxygen atoms in total. The Morgan fingerprint density at radius 2 is 1.88 bits per heavy atom. The van der Waals surface area contributed by atoms with Gasteiger partial charge in [-0.2, -0.15) is 13.2 Å². The SMILES string of the molecule is CC(C)(C)OC(=O)N1CC(COc2cc(N)cc(C(F)(F)F)c2)C1. The molecule has 1 fully saturated rings. The number of rotatable bonds is 3. The van der Waals surface area contributed by atoms with Crippen LogP contribution in [0.4, 0.5) is 23.7 Å². The van der Waals surface area contributed by atoms with Crippen LogP contribution in [0.2, 0.25) is 0 Å². The lowest BCUT2D eigenvalue weighted by atomic mass is 10.0. The Kier molecular flexibility index (Phi) is 4.87. The number of benzene rings is 1. The van der Waals surface area contributed by atoms with Gasteiger partial charge >= 0.3 is 12.3 Å². The van der Waals surface area contributed by atoms with Crippen molar-refractivity contribution in [2.75, 3.05) is 25.4 Å². The van der Waals surface area contributed by atoms with E-state index in [1.54, 1.807) is 20.8 Å². The minimum Gasteiger partial charge on any atom is -0.493 e. The van der Waals surface area contributed by atoms with Gasteiger partial charge in [0.2, 0.25) is 0 Å². The lowest BCUT2D eigenvalue weighted by molar-refractivity contribution is -0.137. The van der Waals surface area contributed by atoms with Gasteiger partial charge in [-0.25, -0.2) is 4.79 Å². The zero-order valence-corrected chi connectivity index (χ0v) is 13.8. The minimum absolute atomic E-state index is 0.0104. The molecule has 1 aromatic rings. The first kappa shape index (κ1) is 18.2. The van der Waals surface area contributed by atoms with Crippen LogP contribution in [0.25, 0.3) is 0 Å². The monoisotopic (exact) mass is 346 g/mol. The molecule has 1 heterocycles. The summed E-state index contributed by atoms with van der Waals surface area (Å²) in [6.45, 7) is 6.45. The standard InChI is InChI=1S/C16H21F3N2O3/c1-15(2,3)24-14(22)21-7-10(8-21)9-23-13-5-11(16(17,18)19)4-12(20)6-13/h4-6,10H,7-9,20H2,1-3H3. The highest BCUT2D eigenvalue weighted by Crippen LogP contribution is 2.33. The van der Waals surface area contributed by atoms with Crippen molar-refractivity contribution in [3.8, 4) is 5.75 Å². The zero-order chi connectivity index (χ0) is 18.1. The number of nitrogens with two attached hydrogens (primary N) is 1. The summed E-state index contributed by atoms with van der Waals surface area (Å²) in [5.41, 5.74) is 4.06. The number of nitrogen functional groups attached to an aromatic ring is 1. The molecule has 0 bridgehead atoms. The predicted octanol–water partition coefficient (Wildman–Crippen LogP) is 3.53. The third-order valence-corrected chi connectivity index (χ3v) is 3.35. The highest BCUT2D eigenvalue weighted by molar-refractivity contribution is 5.69. The average molecular weight is 346 g/mol. The van der Waals surface area contributed by atoms with E-state index in [9.17, 15) is 18.0 Å². The van der Waals surface area contributed by atoms with Crippen molar-refractivity contribution in [1.29, 1.82) is 0 Å². The van der Waals surface area contributed by atoms with E-state index in [-0.39, 0.29) is 24.0 Å². The number of hydrogen-bond acceptors (Lipinski definition) is 4. The van der Waals surface area contributed by atoms with E-state index in [0.717, 1.165) is 12.1 Å². The van der Waals surface area contributed by atoms with Crippen molar-refractivity contribution in [3.05, 3.63) is 23.8 Å². The molecule has 1 aliphatic heterocycles. The van der Waals surface area contributed by atoms with Crippen LogP contribution in [0.5, 0.6) is 5.75 Å². The van der Waals surface area contributed by atoms with Crippen molar-refractivity contribution in [3.63, 3.8) is 0 Å². The molecule has 0 radical (unpaired) electrons. The van der Waals surface area contributed by atoms with Gasteiger partial charge < -0.3 is 20.1 Å². The Morgan fingerprint density at radius 1 is 1.25 bits per heavy atom. The highest BCUT2D eigenvalue weighted by atomic mass is 19.4. The first-order valence-electron chi connectivity index (χ1n) is 7.52. The number of likely N-dealkylation sites (tertiary alicyclic amines) is 1. The summed E-state index contributed by atoms with van der Waals surface area (Å²) >= 11 is 0. The van der Waals surface area contributed by atoms with Crippen molar-refractivity contribution in [1.82, 2.24) is 4.90 Å². The summed E-state index contributed by atoms with van der Waals surface area (Å²) in [6, 6.07) is 3.13. The summed E-state index contributed by atoms with van der Waals surface area (Å²) in [5, 5.41) is 0. The first-order chi connectivity index (χ1) is 10.9. The van der Waals surface area contributed by atoms with Crippen LogP contribution < -0.4 is 10.5 Å². The molecule has 0 aromatic heterocycles. The van der Waals surface area contributed by atoms with Gasteiger partial charge in [-0.3, -0.25) is 0 Å². The van der Waals surface area contributed by atoms with Crippen LogP contribution in [-0.2, 0) is 10.9 Å².